The lowest BCUT2D eigenvalue weighted by atomic mass is 10.1. The predicted molar refractivity (Wildman–Crippen MR) is 90.2 cm³/mol. The summed E-state index contributed by atoms with van der Waals surface area (Å²) in [5.74, 6) is 0.108. The zero-order valence-corrected chi connectivity index (χ0v) is 13.7. The first kappa shape index (κ1) is 16.3. The average Bonchev–Trinajstić information content (AvgIpc) is 3.00. The third-order valence-electron chi connectivity index (χ3n) is 3.59. The number of quaternary nitrogens is 1. The number of likely N-dealkylation sites (N-methyl/N-ethyl adjacent to an activating group) is 1. The molecule has 8 heteroatoms. The van der Waals surface area contributed by atoms with E-state index >= 15 is 0 Å². The maximum atomic E-state index is 13.1. The number of fused-ring (bicyclic) bond motifs is 1. The molecular formula is C16H16FN4O2S+. The van der Waals surface area contributed by atoms with E-state index in [9.17, 15) is 14.0 Å². The summed E-state index contributed by atoms with van der Waals surface area (Å²) >= 11 is 1.37. The molecule has 1 amide bonds. The van der Waals surface area contributed by atoms with Crippen LogP contribution in [0.15, 0.2) is 34.4 Å². The van der Waals surface area contributed by atoms with Crippen molar-refractivity contribution >= 4 is 27.5 Å². The second kappa shape index (κ2) is 6.90. The van der Waals surface area contributed by atoms with Gasteiger partial charge in [0.05, 0.1) is 5.39 Å². The summed E-state index contributed by atoms with van der Waals surface area (Å²) in [4.78, 5) is 31.5. The van der Waals surface area contributed by atoms with Crippen molar-refractivity contribution in [2.45, 2.75) is 6.54 Å². The van der Waals surface area contributed by atoms with Gasteiger partial charge in [-0.15, -0.1) is 11.3 Å². The molecule has 1 aromatic carbocycles. The van der Waals surface area contributed by atoms with Crippen LogP contribution in [-0.4, -0.2) is 29.5 Å². The van der Waals surface area contributed by atoms with Crippen LogP contribution in [0.4, 0.5) is 4.39 Å². The Bertz CT molecular complexity index is 933. The fraction of sp³-hybridized carbons (Fsp3) is 0.188. The lowest BCUT2D eigenvalue weighted by Gasteiger charge is -2.02. The van der Waals surface area contributed by atoms with E-state index < -0.39 is 0 Å². The number of carbonyl (C=O) groups excluding carboxylic acids is 1. The van der Waals surface area contributed by atoms with Crippen LogP contribution in [0.3, 0.4) is 0 Å². The highest BCUT2D eigenvalue weighted by molar-refractivity contribution is 7.17. The molecular weight excluding hydrogens is 331 g/mol. The Hall–Kier alpha value is -2.58. The van der Waals surface area contributed by atoms with E-state index in [1.165, 1.54) is 23.5 Å². The van der Waals surface area contributed by atoms with Gasteiger partial charge in [-0.3, -0.25) is 9.59 Å². The Labute approximate surface area is 140 Å². The number of nitrogens with one attached hydrogen (secondary N) is 2. The third-order valence-corrected chi connectivity index (χ3v) is 4.47. The van der Waals surface area contributed by atoms with Gasteiger partial charge in [0.15, 0.2) is 12.4 Å². The minimum Gasteiger partial charge on any atom is -0.354 e. The monoisotopic (exact) mass is 347 g/mol. The second-order valence-electron chi connectivity index (χ2n) is 5.22. The van der Waals surface area contributed by atoms with Gasteiger partial charge in [0.2, 0.25) is 0 Å². The molecule has 6 nitrogen and oxygen atoms in total. The molecule has 2 heterocycles. The Morgan fingerprint density at radius 1 is 1.38 bits per heavy atom. The van der Waals surface area contributed by atoms with Crippen molar-refractivity contribution in [3.63, 3.8) is 0 Å². The van der Waals surface area contributed by atoms with Gasteiger partial charge in [0, 0.05) is 18.0 Å². The van der Waals surface area contributed by atoms with Gasteiger partial charge in [0.1, 0.15) is 17.2 Å². The number of H-pyrrole nitrogens is 1. The zero-order valence-electron chi connectivity index (χ0n) is 12.9. The summed E-state index contributed by atoms with van der Waals surface area (Å²) < 4.78 is 13.1. The van der Waals surface area contributed by atoms with Crippen LogP contribution in [0, 0.1) is 5.82 Å². The van der Waals surface area contributed by atoms with Gasteiger partial charge < -0.3 is 15.6 Å². The standard InChI is InChI=1S/C16H15FN4O2S/c1-18-13(22)7-19-6-12-20-15(23)14-11(8-24-16(14)21-12)9-2-4-10(17)5-3-9/h2-5,8,19H,6-7H2,1H3,(H,18,22)(H,20,21,23)/p+1. The van der Waals surface area contributed by atoms with Gasteiger partial charge in [0.25, 0.3) is 11.5 Å². The van der Waals surface area contributed by atoms with Crippen molar-refractivity contribution in [1.29, 1.82) is 0 Å². The quantitative estimate of drug-likeness (QED) is 0.631. The number of carbonyl (C=O) groups is 1. The van der Waals surface area contributed by atoms with Crippen molar-refractivity contribution in [3.05, 3.63) is 51.6 Å². The number of hydrogen-bond acceptors (Lipinski definition) is 4. The molecule has 4 N–H and O–H groups in total. The topological polar surface area (TPSA) is 91.5 Å². The summed E-state index contributed by atoms with van der Waals surface area (Å²) in [6.45, 7) is 0.673. The maximum absolute atomic E-state index is 13.1. The van der Waals surface area contributed by atoms with Crippen molar-refractivity contribution < 1.29 is 14.5 Å². The van der Waals surface area contributed by atoms with E-state index in [0.717, 1.165) is 11.1 Å². The number of thiophene rings is 1. The Morgan fingerprint density at radius 2 is 2.12 bits per heavy atom. The summed E-state index contributed by atoms with van der Waals surface area (Å²) in [5, 5.41) is 6.64. The Balaban J connectivity index is 1.89. The molecule has 124 valence electrons. The zero-order chi connectivity index (χ0) is 17.1. The highest BCUT2D eigenvalue weighted by atomic mass is 32.1. The van der Waals surface area contributed by atoms with Gasteiger partial charge in [-0.05, 0) is 17.7 Å². The molecule has 0 aliphatic heterocycles. The highest BCUT2D eigenvalue weighted by Crippen LogP contribution is 2.30. The molecule has 0 bridgehead atoms. The summed E-state index contributed by atoms with van der Waals surface area (Å²) in [5.41, 5.74) is 1.28. The van der Waals surface area contributed by atoms with E-state index in [1.54, 1.807) is 24.5 Å². The van der Waals surface area contributed by atoms with Gasteiger partial charge in [-0.2, -0.15) is 0 Å². The summed E-state index contributed by atoms with van der Waals surface area (Å²) in [6.07, 6.45) is 0. The van der Waals surface area contributed by atoms with Crippen LogP contribution in [0.2, 0.25) is 0 Å². The molecule has 0 saturated heterocycles. The molecule has 0 aliphatic rings. The van der Waals surface area contributed by atoms with E-state index in [4.69, 9.17) is 0 Å². The number of aromatic nitrogens is 2. The lowest BCUT2D eigenvalue weighted by molar-refractivity contribution is -0.661. The SMILES string of the molecule is CNC(=O)C[NH2+]Cc1nc2scc(-c3ccc(F)cc3)c2c(=O)[nH]1. The number of halogens is 1. The first-order valence-corrected chi connectivity index (χ1v) is 8.25. The van der Waals surface area contributed by atoms with E-state index in [1.807, 2.05) is 5.38 Å². The van der Waals surface area contributed by atoms with Gasteiger partial charge in [-0.25, -0.2) is 9.37 Å². The normalized spacial score (nSPS) is 10.9. The van der Waals surface area contributed by atoms with Crippen LogP contribution in [0.25, 0.3) is 21.3 Å². The maximum Gasteiger partial charge on any atom is 0.274 e. The first-order valence-electron chi connectivity index (χ1n) is 7.37. The number of nitrogens with two attached hydrogens (primary N) is 1. The van der Waals surface area contributed by atoms with E-state index in [2.05, 4.69) is 15.3 Å². The van der Waals surface area contributed by atoms with Crippen LogP contribution in [-0.2, 0) is 11.3 Å². The van der Waals surface area contributed by atoms with Gasteiger partial charge in [-0.1, -0.05) is 12.1 Å². The molecule has 0 radical (unpaired) electrons. The highest BCUT2D eigenvalue weighted by Gasteiger charge is 2.13. The third kappa shape index (κ3) is 3.34. The smallest absolute Gasteiger partial charge is 0.274 e. The lowest BCUT2D eigenvalue weighted by Crippen LogP contribution is -2.85. The molecule has 24 heavy (non-hydrogen) atoms. The second-order valence-corrected chi connectivity index (χ2v) is 6.08. The average molecular weight is 347 g/mol. The van der Waals surface area contributed by atoms with Gasteiger partial charge >= 0.3 is 0 Å². The van der Waals surface area contributed by atoms with E-state index in [0.29, 0.717) is 22.6 Å². The van der Waals surface area contributed by atoms with Crippen molar-refractivity contribution in [3.8, 4) is 11.1 Å². The molecule has 0 fully saturated rings. The molecule has 0 aliphatic carbocycles. The Morgan fingerprint density at radius 3 is 2.83 bits per heavy atom. The number of benzene rings is 1. The minimum atomic E-state index is -0.320. The molecule has 0 spiro atoms. The molecule has 2 aromatic heterocycles. The fourth-order valence-electron chi connectivity index (χ4n) is 2.37. The predicted octanol–water partition coefficient (Wildman–Crippen LogP) is 0.600. The number of hydrogen-bond donors (Lipinski definition) is 3. The molecule has 0 unspecified atom stereocenters. The molecule has 3 rings (SSSR count). The Kier molecular flexibility index (Phi) is 4.68. The van der Waals surface area contributed by atoms with Crippen LogP contribution in [0.5, 0.6) is 0 Å². The summed E-state index contributed by atoms with van der Waals surface area (Å²) in [7, 11) is 1.57. The van der Waals surface area contributed by atoms with E-state index in [-0.39, 0.29) is 23.8 Å². The minimum absolute atomic E-state index is 0.0897. The van der Waals surface area contributed by atoms with Crippen molar-refractivity contribution in [2.24, 2.45) is 0 Å². The van der Waals surface area contributed by atoms with Crippen molar-refractivity contribution in [2.75, 3.05) is 13.6 Å². The number of amides is 1. The fourth-order valence-corrected chi connectivity index (χ4v) is 3.34. The first-order chi connectivity index (χ1) is 11.6. The van der Waals surface area contributed by atoms with Crippen LogP contribution in [0.1, 0.15) is 5.82 Å². The largest absolute Gasteiger partial charge is 0.354 e. The number of aromatic amines is 1. The molecule has 0 saturated carbocycles. The molecule has 0 atom stereocenters. The molecule has 3 aromatic rings. The number of rotatable bonds is 5. The summed E-state index contributed by atoms with van der Waals surface area (Å²) in [6, 6.07) is 6.01. The number of nitrogens with zero attached hydrogens (tertiary/aromatic N) is 1. The van der Waals surface area contributed by atoms with Crippen molar-refractivity contribution in [1.82, 2.24) is 15.3 Å². The van der Waals surface area contributed by atoms with Crippen LogP contribution < -0.4 is 16.2 Å². The van der Waals surface area contributed by atoms with Crippen LogP contribution >= 0.6 is 11.3 Å².